The number of hydrogen-bond acceptors (Lipinski definition) is 8. The van der Waals surface area contributed by atoms with E-state index in [9.17, 15) is 45.0 Å². The van der Waals surface area contributed by atoms with Crippen LogP contribution in [0.3, 0.4) is 0 Å². The summed E-state index contributed by atoms with van der Waals surface area (Å²) in [7, 11) is 0. The fourth-order valence-corrected chi connectivity index (χ4v) is 5.49. The molecule has 0 amide bonds. The first-order valence-electron chi connectivity index (χ1n) is 11.9. The first-order chi connectivity index (χ1) is 17.6. The molecule has 1 atom stereocenters. The minimum Gasteiger partial charge on any atom is -0.508 e. The smallest absolute Gasteiger partial charge is 0.339 e. The first-order valence-corrected chi connectivity index (χ1v) is 11.9. The fraction of sp³-hybridized carbons (Fsp3) is 0.250. The van der Waals surface area contributed by atoms with Gasteiger partial charge in [0.05, 0.1) is 17.2 Å². The van der Waals surface area contributed by atoms with Crippen molar-refractivity contribution < 1.29 is 45.0 Å². The second-order valence-corrected chi connectivity index (χ2v) is 9.43. The average Bonchev–Trinajstić information content (AvgIpc) is 2.81. The van der Waals surface area contributed by atoms with Gasteiger partial charge >= 0.3 is 5.97 Å². The van der Waals surface area contributed by atoms with Crippen molar-refractivity contribution in [3.63, 3.8) is 0 Å². The molecule has 0 heterocycles. The van der Waals surface area contributed by atoms with Crippen LogP contribution >= 0.6 is 0 Å². The van der Waals surface area contributed by atoms with Gasteiger partial charge in [0.2, 0.25) is 5.78 Å². The highest BCUT2D eigenvalue weighted by atomic mass is 16.4. The number of hydrogen-bond donors (Lipinski definition) is 6. The molecule has 0 saturated carbocycles. The number of unbranched alkanes of at least 4 members (excludes halogenated alkanes) is 2. The maximum absolute atomic E-state index is 13.3. The lowest BCUT2D eigenvalue weighted by Crippen LogP contribution is -2.24. The third kappa shape index (κ3) is 3.54. The fourth-order valence-electron chi connectivity index (χ4n) is 5.49. The zero-order valence-electron chi connectivity index (χ0n) is 19.8. The molecule has 0 radical (unpaired) electrons. The molecule has 0 fully saturated rings. The third-order valence-electron chi connectivity index (χ3n) is 7.13. The van der Waals surface area contributed by atoms with Crippen molar-refractivity contribution >= 4 is 17.5 Å². The summed E-state index contributed by atoms with van der Waals surface area (Å²) in [5.74, 6) is -5.30. The molecule has 0 aliphatic heterocycles. The van der Waals surface area contributed by atoms with Crippen LogP contribution in [0.1, 0.15) is 91.2 Å². The van der Waals surface area contributed by atoms with E-state index >= 15 is 0 Å². The van der Waals surface area contributed by atoms with Crippen molar-refractivity contribution in [2.45, 2.75) is 45.1 Å². The van der Waals surface area contributed by atoms with Gasteiger partial charge in [-0.3, -0.25) is 9.59 Å². The number of benzene rings is 3. The predicted octanol–water partition coefficient (Wildman–Crippen LogP) is 3.97. The normalized spacial score (nSPS) is 15.6. The number of aliphatic hydroxyl groups is 1. The van der Waals surface area contributed by atoms with Gasteiger partial charge in [-0.1, -0.05) is 25.8 Å². The summed E-state index contributed by atoms with van der Waals surface area (Å²) < 4.78 is 0. The van der Waals surface area contributed by atoms with E-state index in [0.717, 1.165) is 25.0 Å². The first kappa shape index (κ1) is 24.3. The lowest BCUT2D eigenvalue weighted by molar-refractivity contribution is 0.0692. The third-order valence-corrected chi connectivity index (χ3v) is 7.13. The van der Waals surface area contributed by atoms with Crippen molar-refractivity contribution in [1.29, 1.82) is 0 Å². The van der Waals surface area contributed by atoms with Crippen LogP contribution in [0.15, 0.2) is 24.3 Å². The van der Waals surface area contributed by atoms with Crippen LogP contribution in [0.4, 0.5) is 0 Å². The Labute approximate surface area is 210 Å². The van der Waals surface area contributed by atoms with Crippen molar-refractivity contribution in [1.82, 2.24) is 0 Å². The van der Waals surface area contributed by atoms with Gasteiger partial charge in [-0.05, 0) is 41.7 Å². The number of fused-ring (bicyclic) bond motifs is 5. The summed E-state index contributed by atoms with van der Waals surface area (Å²) in [5.41, 5.74) is -0.817. The number of aliphatic hydroxyl groups excluding tert-OH is 1. The number of phenolic OH excluding ortho intramolecular Hbond substituents is 3. The van der Waals surface area contributed by atoms with Gasteiger partial charge in [-0.2, -0.15) is 0 Å². The monoisotopic (exact) mass is 504 g/mol. The molecule has 0 unspecified atom stereocenters. The van der Waals surface area contributed by atoms with Gasteiger partial charge in [0, 0.05) is 34.7 Å². The highest BCUT2D eigenvalue weighted by Gasteiger charge is 2.40. The average molecular weight is 504 g/mol. The molecule has 2 aliphatic carbocycles. The molecular weight excluding hydrogens is 480 g/mol. The molecule has 9 heteroatoms. The second kappa shape index (κ2) is 8.63. The number of phenols is 4. The molecule has 0 spiro atoms. The van der Waals surface area contributed by atoms with E-state index in [1.165, 1.54) is 6.07 Å². The van der Waals surface area contributed by atoms with Crippen LogP contribution in [0.2, 0.25) is 0 Å². The summed E-state index contributed by atoms with van der Waals surface area (Å²) >= 11 is 0. The minimum absolute atomic E-state index is 0.0269. The van der Waals surface area contributed by atoms with Crippen LogP contribution in [0.25, 0.3) is 11.1 Å². The predicted molar refractivity (Wildman–Crippen MR) is 131 cm³/mol. The minimum atomic E-state index is -1.34. The molecule has 190 valence electrons. The molecule has 0 bridgehead atoms. The van der Waals surface area contributed by atoms with Crippen LogP contribution in [-0.2, 0) is 12.8 Å². The van der Waals surface area contributed by atoms with E-state index in [2.05, 4.69) is 0 Å². The number of carbonyl (C=O) groups is 3. The number of ketones is 2. The molecular formula is C28H24O9. The Hall–Kier alpha value is -4.37. The van der Waals surface area contributed by atoms with Crippen LogP contribution in [-0.4, -0.2) is 48.2 Å². The molecule has 2 aliphatic rings. The Balaban J connectivity index is 1.78. The number of aromatic carboxylic acids is 1. The highest BCUT2D eigenvalue weighted by molar-refractivity contribution is 6.31. The molecule has 0 saturated heterocycles. The van der Waals surface area contributed by atoms with E-state index < -0.39 is 52.2 Å². The molecule has 9 nitrogen and oxygen atoms in total. The van der Waals surface area contributed by atoms with E-state index in [-0.39, 0.29) is 45.4 Å². The molecule has 6 N–H and O–H groups in total. The molecule has 3 aromatic rings. The Morgan fingerprint density at radius 2 is 1.57 bits per heavy atom. The quantitative estimate of drug-likeness (QED) is 0.220. The number of carboxylic acid groups (broad SMARTS) is 1. The summed E-state index contributed by atoms with van der Waals surface area (Å²) in [6.07, 6.45) is 1.51. The van der Waals surface area contributed by atoms with E-state index in [1.807, 2.05) is 6.92 Å². The van der Waals surface area contributed by atoms with Crippen molar-refractivity contribution in [2.75, 3.05) is 0 Å². The largest absolute Gasteiger partial charge is 0.508 e. The van der Waals surface area contributed by atoms with Gasteiger partial charge in [-0.15, -0.1) is 0 Å². The number of carbonyl (C=O) groups excluding carboxylic acids is 2. The van der Waals surface area contributed by atoms with Crippen LogP contribution in [0, 0.1) is 0 Å². The van der Waals surface area contributed by atoms with Crippen molar-refractivity contribution in [2.24, 2.45) is 0 Å². The van der Waals surface area contributed by atoms with Crippen LogP contribution < -0.4 is 0 Å². The summed E-state index contributed by atoms with van der Waals surface area (Å²) in [6.45, 7) is 2.01. The van der Waals surface area contributed by atoms with Gasteiger partial charge < -0.3 is 30.6 Å². The standard InChI is InChI=1S/C28H24O9/c1-2-3-4-5-11-6-12-7-17(30)21-14(19(12)25(33)20(11)28(36)37)10-16-23(26(21)34)27(35)22-15(24(16)32)8-13(29)9-18(22)31/h6,8-10,17,29-31,33-34H,2-5,7H2,1H3,(H,36,37)/t17-/m0/s1. The summed E-state index contributed by atoms with van der Waals surface area (Å²) in [4.78, 5) is 38.7. The van der Waals surface area contributed by atoms with E-state index in [0.29, 0.717) is 24.0 Å². The lowest BCUT2D eigenvalue weighted by Gasteiger charge is -2.30. The Kier molecular flexibility index (Phi) is 5.68. The Morgan fingerprint density at radius 3 is 2.24 bits per heavy atom. The maximum atomic E-state index is 13.3. The Bertz CT molecular complexity index is 1530. The topological polar surface area (TPSA) is 173 Å². The molecule has 37 heavy (non-hydrogen) atoms. The maximum Gasteiger partial charge on any atom is 0.339 e. The SMILES string of the molecule is CCCCCc1cc2c(c(O)c1C(=O)O)-c1cc3c(c(O)c1[C@@H](O)C2)C(=O)c1c(O)cc(O)cc1C3=O. The molecule has 0 aromatic heterocycles. The number of rotatable bonds is 5. The van der Waals surface area contributed by atoms with Gasteiger partial charge in [-0.25, -0.2) is 4.79 Å². The highest BCUT2D eigenvalue weighted by Crippen LogP contribution is 2.52. The molecule has 5 rings (SSSR count). The van der Waals surface area contributed by atoms with Gasteiger partial charge in [0.25, 0.3) is 0 Å². The van der Waals surface area contributed by atoms with Crippen LogP contribution in [0.5, 0.6) is 23.0 Å². The van der Waals surface area contributed by atoms with E-state index in [4.69, 9.17) is 0 Å². The zero-order chi connectivity index (χ0) is 26.8. The van der Waals surface area contributed by atoms with Crippen molar-refractivity contribution in [3.05, 3.63) is 68.8 Å². The van der Waals surface area contributed by atoms with Crippen molar-refractivity contribution in [3.8, 4) is 34.1 Å². The summed E-state index contributed by atoms with van der Waals surface area (Å²) in [6, 6.07) is 4.78. The zero-order valence-corrected chi connectivity index (χ0v) is 19.8. The number of carboxylic acids is 1. The summed E-state index contributed by atoms with van der Waals surface area (Å²) in [5, 5.41) is 63.2. The molecule has 3 aromatic carbocycles. The van der Waals surface area contributed by atoms with E-state index in [1.54, 1.807) is 6.07 Å². The van der Waals surface area contributed by atoms with Gasteiger partial charge in [0.15, 0.2) is 5.78 Å². The lowest BCUT2D eigenvalue weighted by atomic mass is 9.75. The second-order valence-electron chi connectivity index (χ2n) is 9.43. The Morgan fingerprint density at radius 1 is 0.865 bits per heavy atom. The number of aromatic hydroxyl groups is 4. The number of aryl methyl sites for hydroxylation is 1. The van der Waals surface area contributed by atoms with Gasteiger partial charge in [0.1, 0.15) is 28.6 Å².